The first kappa shape index (κ1) is 13.9. The van der Waals surface area contributed by atoms with E-state index < -0.39 is 0 Å². The molecule has 0 aromatic carbocycles. The van der Waals surface area contributed by atoms with Crippen molar-refractivity contribution in [3.63, 3.8) is 0 Å². The van der Waals surface area contributed by atoms with Gasteiger partial charge in [-0.15, -0.1) is 24.8 Å². The van der Waals surface area contributed by atoms with E-state index in [2.05, 4.69) is 19.8 Å². The number of rotatable bonds is 2. The zero-order valence-corrected chi connectivity index (χ0v) is 9.53. The van der Waals surface area contributed by atoms with E-state index in [9.17, 15) is 0 Å². The van der Waals surface area contributed by atoms with Gasteiger partial charge in [0.05, 0.1) is 12.2 Å². The standard InChI is InChI=1S/C7H9N5O.2ClH/c1-12-3-5(2-10-12)6(8)7-9-4-13-11-7;;/h2-4,6H,8H2,1H3;2*1H. The van der Waals surface area contributed by atoms with Gasteiger partial charge in [0.1, 0.15) is 0 Å². The second-order valence-electron chi connectivity index (χ2n) is 2.71. The Morgan fingerprint density at radius 1 is 1.47 bits per heavy atom. The van der Waals surface area contributed by atoms with Crippen LogP contribution in [0.5, 0.6) is 0 Å². The summed E-state index contributed by atoms with van der Waals surface area (Å²) in [6.07, 6.45) is 4.76. The monoisotopic (exact) mass is 251 g/mol. The topological polar surface area (TPSA) is 82.8 Å². The Hall–Kier alpha value is -1.11. The zero-order chi connectivity index (χ0) is 9.26. The van der Waals surface area contributed by atoms with Crippen LogP contribution in [0.15, 0.2) is 23.3 Å². The van der Waals surface area contributed by atoms with Gasteiger partial charge in [-0.3, -0.25) is 4.68 Å². The van der Waals surface area contributed by atoms with Crippen LogP contribution in [0.25, 0.3) is 0 Å². The Morgan fingerprint density at radius 2 is 2.20 bits per heavy atom. The van der Waals surface area contributed by atoms with Crippen LogP contribution >= 0.6 is 24.8 Å². The highest BCUT2D eigenvalue weighted by Crippen LogP contribution is 2.13. The summed E-state index contributed by atoms with van der Waals surface area (Å²) in [4.78, 5) is 3.86. The summed E-state index contributed by atoms with van der Waals surface area (Å²) in [6.45, 7) is 0. The first-order valence-electron chi connectivity index (χ1n) is 3.78. The van der Waals surface area contributed by atoms with Crippen molar-refractivity contribution in [2.24, 2.45) is 12.8 Å². The van der Waals surface area contributed by atoms with Crippen LogP contribution in [0.3, 0.4) is 0 Å². The molecule has 1 unspecified atom stereocenters. The van der Waals surface area contributed by atoms with Gasteiger partial charge in [0, 0.05) is 18.8 Å². The largest absolute Gasteiger partial charge is 0.343 e. The van der Waals surface area contributed by atoms with Gasteiger partial charge in [0.15, 0.2) is 5.82 Å². The van der Waals surface area contributed by atoms with Gasteiger partial charge in [-0.25, -0.2) is 0 Å². The van der Waals surface area contributed by atoms with Crippen molar-refractivity contribution in [1.29, 1.82) is 0 Å². The summed E-state index contributed by atoms with van der Waals surface area (Å²) in [5, 5.41) is 7.65. The van der Waals surface area contributed by atoms with Gasteiger partial charge >= 0.3 is 0 Å². The maximum atomic E-state index is 5.84. The van der Waals surface area contributed by atoms with Crippen LogP contribution < -0.4 is 5.73 Å². The number of halogens is 2. The van der Waals surface area contributed by atoms with Gasteiger partial charge in [0.25, 0.3) is 0 Å². The number of aryl methyl sites for hydroxylation is 1. The highest BCUT2D eigenvalue weighted by atomic mass is 35.5. The van der Waals surface area contributed by atoms with Gasteiger partial charge < -0.3 is 10.3 Å². The van der Waals surface area contributed by atoms with E-state index in [0.29, 0.717) is 5.82 Å². The Balaban J connectivity index is 0.000000980. The molecule has 2 heterocycles. The van der Waals surface area contributed by atoms with Crippen molar-refractivity contribution < 1.29 is 4.52 Å². The lowest BCUT2D eigenvalue weighted by Gasteiger charge is -2.01. The minimum atomic E-state index is -0.368. The van der Waals surface area contributed by atoms with Gasteiger partial charge in [-0.05, 0) is 0 Å². The quantitative estimate of drug-likeness (QED) is 0.850. The molecule has 8 heteroatoms. The van der Waals surface area contributed by atoms with Crippen LogP contribution in [-0.4, -0.2) is 19.9 Å². The molecule has 2 aromatic rings. The minimum absolute atomic E-state index is 0. The molecule has 0 saturated heterocycles. The number of aromatic nitrogens is 4. The van der Waals surface area contributed by atoms with E-state index in [-0.39, 0.29) is 30.9 Å². The summed E-state index contributed by atoms with van der Waals surface area (Å²) < 4.78 is 6.27. The summed E-state index contributed by atoms with van der Waals surface area (Å²) in [5.74, 6) is 0.466. The highest BCUT2D eigenvalue weighted by Gasteiger charge is 2.14. The van der Waals surface area contributed by atoms with Crippen LogP contribution in [0.1, 0.15) is 17.4 Å². The van der Waals surface area contributed by atoms with Crippen molar-refractivity contribution in [2.45, 2.75) is 6.04 Å². The summed E-state index contributed by atoms with van der Waals surface area (Å²) in [6, 6.07) is -0.368. The fraction of sp³-hybridized carbons (Fsp3) is 0.286. The van der Waals surface area contributed by atoms with E-state index in [1.54, 1.807) is 10.9 Å². The van der Waals surface area contributed by atoms with E-state index in [1.807, 2.05) is 13.2 Å². The van der Waals surface area contributed by atoms with E-state index in [0.717, 1.165) is 5.56 Å². The SMILES string of the molecule is Cl.Cl.Cn1cc(C(N)c2ncon2)cn1. The van der Waals surface area contributed by atoms with Crippen molar-refractivity contribution in [1.82, 2.24) is 19.9 Å². The van der Waals surface area contributed by atoms with Crippen molar-refractivity contribution in [3.8, 4) is 0 Å². The third-order valence-electron chi connectivity index (χ3n) is 1.74. The van der Waals surface area contributed by atoms with Crippen LogP contribution in [0, 0.1) is 0 Å². The number of nitrogens with zero attached hydrogens (tertiary/aromatic N) is 4. The first-order chi connectivity index (χ1) is 6.27. The second kappa shape index (κ2) is 5.69. The van der Waals surface area contributed by atoms with Gasteiger partial charge in [0.2, 0.25) is 6.39 Å². The fourth-order valence-corrected chi connectivity index (χ4v) is 1.07. The van der Waals surface area contributed by atoms with Gasteiger partial charge in [-0.2, -0.15) is 10.1 Å². The first-order valence-corrected chi connectivity index (χ1v) is 3.78. The molecule has 0 radical (unpaired) electrons. The molecule has 0 fully saturated rings. The predicted octanol–water partition coefficient (Wildman–Crippen LogP) is 0.695. The summed E-state index contributed by atoms with van der Waals surface area (Å²) in [7, 11) is 1.83. The molecule has 2 rings (SSSR count). The smallest absolute Gasteiger partial charge is 0.213 e. The molecule has 2 N–H and O–H groups in total. The molecule has 1 atom stereocenters. The van der Waals surface area contributed by atoms with Crippen LogP contribution in [0.4, 0.5) is 0 Å². The molecule has 0 saturated carbocycles. The van der Waals surface area contributed by atoms with Crippen LogP contribution in [-0.2, 0) is 7.05 Å². The number of nitrogens with two attached hydrogens (primary N) is 1. The van der Waals surface area contributed by atoms with E-state index in [4.69, 9.17) is 5.73 Å². The normalized spacial score (nSPS) is 11.3. The molecule has 84 valence electrons. The Kier molecular flexibility index (Phi) is 5.27. The van der Waals surface area contributed by atoms with Crippen molar-refractivity contribution in [3.05, 3.63) is 30.2 Å². The average Bonchev–Trinajstić information content (AvgIpc) is 2.72. The molecule has 0 bridgehead atoms. The minimum Gasteiger partial charge on any atom is -0.343 e. The average molecular weight is 252 g/mol. The molecular weight excluding hydrogens is 241 g/mol. The molecule has 0 amide bonds. The van der Waals surface area contributed by atoms with Crippen LogP contribution in [0.2, 0.25) is 0 Å². The van der Waals surface area contributed by atoms with Gasteiger partial charge in [-0.1, -0.05) is 5.16 Å². The summed E-state index contributed by atoms with van der Waals surface area (Å²) >= 11 is 0. The number of hydrogen-bond donors (Lipinski definition) is 1. The molecule has 15 heavy (non-hydrogen) atoms. The molecular formula is C7H11Cl2N5O. The lowest BCUT2D eigenvalue weighted by molar-refractivity contribution is 0.407. The molecule has 0 aliphatic carbocycles. The van der Waals surface area contributed by atoms with Crippen molar-refractivity contribution >= 4 is 24.8 Å². The Labute approximate surface area is 98.7 Å². The highest BCUT2D eigenvalue weighted by molar-refractivity contribution is 5.85. The lowest BCUT2D eigenvalue weighted by Crippen LogP contribution is -2.12. The zero-order valence-electron chi connectivity index (χ0n) is 7.90. The van der Waals surface area contributed by atoms with E-state index >= 15 is 0 Å². The fourth-order valence-electron chi connectivity index (χ4n) is 1.07. The maximum absolute atomic E-state index is 5.84. The predicted molar refractivity (Wildman–Crippen MR) is 58.0 cm³/mol. The molecule has 0 spiro atoms. The maximum Gasteiger partial charge on any atom is 0.213 e. The third kappa shape index (κ3) is 2.92. The lowest BCUT2D eigenvalue weighted by atomic mass is 10.2. The molecule has 6 nitrogen and oxygen atoms in total. The summed E-state index contributed by atoms with van der Waals surface area (Å²) in [5.41, 5.74) is 6.70. The molecule has 0 aliphatic heterocycles. The Morgan fingerprint density at radius 3 is 2.67 bits per heavy atom. The molecule has 2 aromatic heterocycles. The Bertz CT molecular complexity index is 388. The van der Waals surface area contributed by atoms with E-state index in [1.165, 1.54) is 6.39 Å². The third-order valence-corrected chi connectivity index (χ3v) is 1.74. The molecule has 0 aliphatic rings. The second-order valence-corrected chi connectivity index (χ2v) is 2.71. The number of hydrogen-bond acceptors (Lipinski definition) is 5. The van der Waals surface area contributed by atoms with Crippen molar-refractivity contribution in [2.75, 3.05) is 0 Å².